The molecule has 120 valence electrons. The fourth-order valence-corrected chi connectivity index (χ4v) is 1.72. The van der Waals surface area contributed by atoms with E-state index in [4.69, 9.17) is 4.74 Å². The van der Waals surface area contributed by atoms with E-state index in [0.29, 0.717) is 0 Å². The largest absolute Gasteiger partial charge is 0.456 e. The molecule has 0 heterocycles. The van der Waals surface area contributed by atoms with E-state index in [9.17, 15) is 18.4 Å². The van der Waals surface area contributed by atoms with Crippen molar-refractivity contribution in [3.05, 3.63) is 11.8 Å². The molecule has 1 aliphatic carbocycles. The molecule has 1 aliphatic rings. The third-order valence-electron chi connectivity index (χ3n) is 2.68. The summed E-state index contributed by atoms with van der Waals surface area (Å²) >= 11 is 0. The summed E-state index contributed by atoms with van der Waals surface area (Å²) in [5, 5.41) is 0. The molecule has 0 aromatic heterocycles. The van der Waals surface area contributed by atoms with Crippen molar-refractivity contribution in [2.75, 3.05) is 14.1 Å². The maximum absolute atomic E-state index is 12.4. The summed E-state index contributed by atoms with van der Waals surface area (Å²) in [4.78, 5) is 26.0. The van der Waals surface area contributed by atoms with E-state index in [2.05, 4.69) is 4.74 Å². The summed E-state index contributed by atoms with van der Waals surface area (Å²) in [6, 6.07) is 0. The van der Waals surface area contributed by atoms with E-state index in [1.165, 1.54) is 11.1 Å². The molecule has 0 spiro atoms. The molecule has 1 saturated carbocycles. The lowest BCUT2D eigenvalue weighted by Gasteiger charge is -2.22. The quantitative estimate of drug-likeness (QED) is 0.326. The average molecular weight is 305 g/mol. The van der Waals surface area contributed by atoms with Gasteiger partial charge in [-0.15, -0.1) is 0 Å². The predicted octanol–water partition coefficient (Wildman–Crippen LogP) is 2.11. The second-order valence-electron chi connectivity index (χ2n) is 6.21. The zero-order chi connectivity index (χ0) is 16.4. The first-order valence-electron chi connectivity index (χ1n) is 6.59. The number of hydrogen-bond acceptors (Lipinski definition) is 5. The van der Waals surface area contributed by atoms with E-state index in [0.717, 1.165) is 0 Å². The van der Waals surface area contributed by atoms with E-state index in [1.54, 1.807) is 34.9 Å². The minimum Gasteiger partial charge on any atom is -0.456 e. The van der Waals surface area contributed by atoms with Gasteiger partial charge in [0, 0.05) is 20.3 Å². The fourth-order valence-electron chi connectivity index (χ4n) is 1.72. The lowest BCUT2D eigenvalue weighted by atomic mass is 10.0. The van der Waals surface area contributed by atoms with Crippen molar-refractivity contribution in [3.8, 4) is 0 Å². The normalized spacial score (nSPS) is 17.6. The second kappa shape index (κ2) is 6.09. The highest BCUT2D eigenvalue weighted by molar-refractivity contribution is 6.21. The Morgan fingerprint density at radius 2 is 1.76 bits per heavy atom. The van der Waals surface area contributed by atoms with Gasteiger partial charge in [0.2, 0.25) is 5.78 Å². The fraction of sp³-hybridized carbons (Fsp3) is 0.714. The van der Waals surface area contributed by atoms with Crippen molar-refractivity contribution < 1.29 is 27.8 Å². The Kier molecular flexibility index (Phi) is 5.09. The van der Waals surface area contributed by atoms with Crippen LogP contribution in [-0.2, 0) is 19.1 Å². The minimum atomic E-state index is -3.06. The molecular weight excluding hydrogens is 284 g/mol. The zero-order valence-electron chi connectivity index (χ0n) is 12.9. The standard InChI is InChI=1S/C14H21F2NO4/c1-13(2,3)20-11(19)9(8-17(4)5)10(18)14(6-7-14)21-12(15)16/h8,12H,6-7H2,1-5H3/b9-8-. The lowest BCUT2D eigenvalue weighted by Crippen LogP contribution is -2.36. The highest BCUT2D eigenvalue weighted by atomic mass is 19.3. The summed E-state index contributed by atoms with van der Waals surface area (Å²) in [7, 11) is 3.23. The first-order valence-corrected chi connectivity index (χ1v) is 6.59. The molecule has 0 amide bonds. The highest BCUT2D eigenvalue weighted by Crippen LogP contribution is 2.43. The molecule has 0 atom stereocenters. The number of esters is 1. The Hall–Kier alpha value is -1.50. The number of rotatable bonds is 6. The van der Waals surface area contributed by atoms with Crippen molar-refractivity contribution in [1.29, 1.82) is 0 Å². The maximum atomic E-state index is 12.4. The molecule has 7 heteroatoms. The van der Waals surface area contributed by atoms with Crippen LogP contribution in [0.3, 0.4) is 0 Å². The molecule has 0 saturated heterocycles. The molecule has 0 N–H and O–H groups in total. The van der Waals surface area contributed by atoms with Crippen LogP contribution >= 0.6 is 0 Å². The van der Waals surface area contributed by atoms with Crippen LogP contribution in [0, 0.1) is 0 Å². The van der Waals surface area contributed by atoms with Crippen molar-refractivity contribution in [2.24, 2.45) is 0 Å². The van der Waals surface area contributed by atoms with Crippen molar-refractivity contribution in [2.45, 2.75) is 51.4 Å². The van der Waals surface area contributed by atoms with E-state index >= 15 is 0 Å². The number of ether oxygens (including phenoxy) is 2. The SMILES string of the molecule is CN(C)/C=C(\C(=O)OC(C)(C)C)C(=O)C1(OC(F)F)CC1. The van der Waals surface area contributed by atoms with E-state index in [-0.39, 0.29) is 18.4 Å². The Labute approximate surface area is 122 Å². The van der Waals surface area contributed by atoms with Gasteiger partial charge >= 0.3 is 12.6 Å². The maximum Gasteiger partial charge on any atom is 0.346 e. The average Bonchev–Trinajstić information content (AvgIpc) is 3.02. The Balaban J connectivity index is 2.99. The van der Waals surface area contributed by atoms with Gasteiger partial charge in [-0.05, 0) is 33.6 Å². The van der Waals surface area contributed by atoms with Gasteiger partial charge in [-0.25, -0.2) is 4.79 Å². The smallest absolute Gasteiger partial charge is 0.346 e. The first-order chi connectivity index (χ1) is 9.47. The molecule has 1 fully saturated rings. The third kappa shape index (κ3) is 5.08. The summed E-state index contributed by atoms with van der Waals surface area (Å²) in [5.74, 6) is -1.60. The van der Waals surface area contributed by atoms with Gasteiger partial charge in [-0.3, -0.25) is 4.79 Å². The number of Topliss-reactive ketones (excluding diaryl/α,β-unsaturated/α-hetero) is 1. The monoisotopic (exact) mass is 305 g/mol. The number of nitrogens with zero attached hydrogens (tertiary/aromatic N) is 1. The Morgan fingerprint density at radius 3 is 2.10 bits per heavy atom. The van der Waals surface area contributed by atoms with Gasteiger partial charge in [0.1, 0.15) is 16.8 Å². The molecule has 0 radical (unpaired) electrons. The second-order valence-corrected chi connectivity index (χ2v) is 6.21. The number of ketones is 1. The first kappa shape index (κ1) is 17.6. The zero-order valence-corrected chi connectivity index (χ0v) is 12.9. The van der Waals surface area contributed by atoms with Gasteiger partial charge in [0.25, 0.3) is 0 Å². The molecule has 0 aliphatic heterocycles. The molecule has 0 aromatic carbocycles. The van der Waals surface area contributed by atoms with Crippen molar-refractivity contribution >= 4 is 11.8 Å². The molecule has 0 aromatic rings. The van der Waals surface area contributed by atoms with Crippen LogP contribution in [0.1, 0.15) is 33.6 Å². The van der Waals surface area contributed by atoms with E-state index in [1.807, 2.05) is 0 Å². The van der Waals surface area contributed by atoms with Gasteiger partial charge in [-0.1, -0.05) is 0 Å². The van der Waals surface area contributed by atoms with Gasteiger partial charge in [0.05, 0.1) is 0 Å². The van der Waals surface area contributed by atoms with Gasteiger partial charge < -0.3 is 14.4 Å². The van der Waals surface area contributed by atoms with Crippen LogP contribution in [-0.4, -0.2) is 48.6 Å². The molecule has 5 nitrogen and oxygen atoms in total. The summed E-state index contributed by atoms with van der Waals surface area (Å²) in [5.41, 5.74) is -2.66. The van der Waals surface area contributed by atoms with Gasteiger partial charge in [0.15, 0.2) is 0 Å². The number of hydrogen-bond donors (Lipinski definition) is 0. The van der Waals surface area contributed by atoms with Crippen LogP contribution < -0.4 is 0 Å². The Bertz CT molecular complexity index is 448. The van der Waals surface area contributed by atoms with Crippen LogP contribution in [0.4, 0.5) is 8.78 Å². The number of alkyl halides is 2. The van der Waals surface area contributed by atoms with Crippen molar-refractivity contribution in [1.82, 2.24) is 4.90 Å². The Morgan fingerprint density at radius 1 is 1.24 bits per heavy atom. The van der Waals surface area contributed by atoms with Gasteiger partial charge in [-0.2, -0.15) is 8.78 Å². The molecule has 0 bridgehead atoms. The summed E-state index contributed by atoms with van der Waals surface area (Å²) in [6.07, 6.45) is 1.61. The van der Waals surface area contributed by atoms with Crippen LogP contribution in [0.15, 0.2) is 11.8 Å². The van der Waals surface area contributed by atoms with Crippen molar-refractivity contribution in [3.63, 3.8) is 0 Å². The lowest BCUT2D eigenvalue weighted by molar-refractivity contribution is -0.181. The minimum absolute atomic E-state index is 0.170. The van der Waals surface area contributed by atoms with Crippen LogP contribution in [0.5, 0.6) is 0 Å². The number of carbonyl (C=O) groups is 2. The topological polar surface area (TPSA) is 55.8 Å². The van der Waals surface area contributed by atoms with Crippen LogP contribution in [0.2, 0.25) is 0 Å². The number of halogens is 2. The summed E-state index contributed by atoms with van der Waals surface area (Å²) < 4.78 is 34.4. The predicted molar refractivity (Wildman–Crippen MR) is 71.7 cm³/mol. The highest BCUT2D eigenvalue weighted by Gasteiger charge is 2.55. The molecule has 0 unspecified atom stereocenters. The molecule has 21 heavy (non-hydrogen) atoms. The third-order valence-corrected chi connectivity index (χ3v) is 2.68. The number of carbonyl (C=O) groups excluding carboxylic acids is 2. The van der Waals surface area contributed by atoms with E-state index < -0.39 is 29.6 Å². The summed E-state index contributed by atoms with van der Waals surface area (Å²) in [6.45, 7) is 1.91. The van der Waals surface area contributed by atoms with Crippen LogP contribution in [0.25, 0.3) is 0 Å². The molecule has 1 rings (SSSR count). The molecular formula is C14H21F2NO4.